The van der Waals surface area contributed by atoms with Crippen molar-refractivity contribution in [2.24, 2.45) is 11.7 Å². The van der Waals surface area contributed by atoms with Crippen LogP contribution < -0.4 is 5.73 Å². The summed E-state index contributed by atoms with van der Waals surface area (Å²) < 4.78 is 5.46. The monoisotopic (exact) mass is 127 g/mol. The smallest absolute Gasteiger partial charge is 0.0729 e. The van der Waals surface area contributed by atoms with E-state index in [2.05, 4.69) is 0 Å². The van der Waals surface area contributed by atoms with Gasteiger partial charge in [-0.3, -0.25) is 0 Å². The molecular weight excluding hydrogens is 114 g/mol. The molecule has 2 bridgehead atoms. The van der Waals surface area contributed by atoms with Crippen molar-refractivity contribution in [3.8, 4) is 0 Å². The molecule has 2 aliphatic rings. The van der Waals surface area contributed by atoms with Crippen LogP contribution in [-0.2, 0) is 4.74 Å². The molecule has 3 atom stereocenters. The van der Waals surface area contributed by atoms with E-state index in [9.17, 15) is 0 Å². The maximum Gasteiger partial charge on any atom is 0.0729 e. The summed E-state index contributed by atoms with van der Waals surface area (Å²) in [4.78, 5) is 0. The standard InChI is InChI=1S/C7H13NO/c8-6-2-1-5-3-7(6)9-4-5/h5-7H,1-4,8H2. The Morgan fingerprint density at radius 1 is 1.33 bits per heavy atom. The van der Waals surface area contributed by atoms with Crippen molar-refractivity contribution in [1.82, 2.24) is 0 Å². The Bertz CT molecular complexity index is 115. The normalized spacial score (nSPS) is 49.7. The molecule has 1 saturated carbocycles. The lowest BCUT2D eigenvalue weighted by molar-refractivity contribution is 0.0931. The lowest BCUT2D eigenvalue weighted by Crippen LogP contribution is -2.36. The molecule has 3 unspecified atom stereocenters. The van der Waals surface area contributed by atoms with Crippen LogP contribution in [0.2, 0.25) is 0 Å². The first kappa shape index (κ1) is 5.69. The van der Waals surface area contributed by atoms with Gasteiger partial charge in [-0.25, -0.2) is 0 Å². The van der Waals surface area contributed by atoms with Crippen LogP contribution in [0, 0.1) is 5.92 Å². The van der Waals surface area contributed by atoms with Gasteiger partial charge in [-0.2, -0.15) is 0 Å². The molecule has 0 amide bonds. The van der Waals surface area contributed by atoms with E-state index < -0.39 is 0 Å². The van der Waals surface area contributed by atoms with Crippen LogP contribution in [-0.4, -0.2) is 18.8 Å². The molecule has 2 rings (SSSR count). The van der Waals surface area contributed by atoms with Gasteiger partial charge in [0, 0.05) is 12.6 Å². The van der Waals surface area contributed by atoms with Gasteiger partial charge in [0.1, 0.15) is 0 Å². The first-order chi connectivity index (χ1) is 4.36. The molecule has 2 fully saturated rings. The van der Waals surface area contributed by atoms with Crippen LogP contribution in [0.25, 0.3) is 0 Å². The molecule has 1 saturated heterocycles. The van der Waals surface area contributed by atoms with Crippen molar-refractivity contribution in [2.75, 3.05) is 6.61 Å². The molecule has 2 N–H and O–H groups in total. The van der Waals surface area contributed by atoms with E-state index in [1.807, 2.05) is 0 Å². The predicted molar refractivity (Wildman–Crippen MR) is 35.1 cm³/mol. The zero-order valence-electron chi connectivity index (χ0n) is 5.55. The Morgan fingerprint density at radius 2 is 2.22 bits per heavy atom. The first-order valence-electron chi connectivity index (χ1n) is 3.73. The van der Waals surface area contributed by atoms with E-state index in [-0.39, 0.29) is 0 Å². The van der Waals surface area contributed by atoms with Gasteiger partial charge in [-0.15, -0.1) is 0 Å². The Hall–Kier alpha value is -0.0800. The minimum absolute atomic E-state index is 0.337. The molecule has 2 nitrogen and oxygen atoms in total. The fourth-order valence-electron chi connectivity index (χ4n) is 1.84. The summed E-state index contributed by atoms with van der Waals surface area (Å²) in [6.07, 6.45) is 4.09. The van der Waals surface area contributed by atoms with E-state index in [1.54, 1.807) is 0 Å². The van der Waals surface area contributed by atoms with Gasteiger partial charge < -0.3 is 10.5 Å². The summed E-state index contributed by atoms with van der Waals surface area (Å²) in [6, 6.07) is 0.337. The maximum atomic E-state index is 5.79. The molecule has 1 heterocycles. The SMILES string of the molecule is NC1CCC2COC1C2. The average Bonchev–Trinajstić information content (AvgIpc) is 2.25. The number of rotatable bonds is 0. The number of nitrogens with two attached hydrogens (primary N) is 1. The highest BCUT2D eigenvalue weighted by molar-refractivity contribution is 4.87. The van der Waals surface area contributed by atoms with E-state index in [0.29, 0.717) is 12.1 Å². The quantitative estimate of drug-likeness (QED) is 0.514. The van der Waals surface area contributed by atoms with Crippen molar-refractivity contribution >= 4 is 0 Å². The van der Waals surface area contributed by atoms with Gasteiger partial charge in [0.05, 0.1) is 6.10 Å². The van der Waals surface area contributed by atoms with Crippen molar-refractivity contribution < 1.29 is 4.74 Å². The second-order valence-electron chi connectivity index (χ2n) is 3.21. The molecule has 0 aromatic carbocycles. The molecule has 0 aromatic heterocycles. The highest BCUT2D eigenvalue weighted by Gasteiger charge is 2.34. The van der Waals surface area contributed by atoms with Gasteiger partial charge >= 0.3 is 0 Å². The lowest BCUT2D eigenvalue weighted by Gasteiger charge is -2.22. The molecule has 1 aliphatic heterocycles. The minimum Gasteiger partial charge on any atom is -0.376 e. The fourth-order valence-corrected chi connectivity index (χ4v) is 1.84. The largest absolute Gasteiger partial charge is 0.376 e. The molecule has 0 radical (unpaired) electrons. The van der Waals surface area contributed by atoms with E-state index in [0.717, 1.165) is 12.5 Å². The van der Waals surface area contributed by atoms with Gasteiger partial charge in [0.15, 0.2) is 0 Å². The Balaban J connectivity index is 2.05. The van der Waals surface area contributed by atoms with Crippen LogP contribution >= 0.6 is 0 Å². The maximum absolute atomic E-state index is 5.79. The van der Waals surface area contributed by atoms with Crippen LogP contribution in [0.1, 0.15) is 19.3 Å². The summed E-state index contributed by atoms with van der Waals surface area (Å²) in [6.45, 7) is 0.971. The van der Waals surface area contributed by atoms with Crippen LogP contribution in [0.15, 0.2) is 0 Å². The Morgan fingerprint density at radius 3 is 3.00 bits per heavy atom. The second-order valence-corrected chi connectivity index (χ2v) is 3.21. The average molecular weight is 127 g/mol. The molecule has 52 valence electrons. The Labute approximate surface area is 55.4 Å². The van der Waals surface area contributed by atoms with Crippen LogP contribution in [0.5, 0.6) is 0 Å². The van der Waals surface area contributed by atoms with E-state index in [4.69, 9.17) is 10.5 Å². The number of hydrogen-bond donors (Lipinski definition) is 1. The van der Waals surface area contributed by atoms with Crippen LogP contribution in [0.3, 0.4) is 0 Å². The third-order valence-electron chi connectivity index (χ3n) is 2.50. The third-order valence-corrected chi connectivity index (χ3v) is 2.50. The number of fused-ring (bicyclic) bond motifs is 2. The summed E-state index contributed by atoms with van der Waals surface area (Å²) >= 11 is 0. The van der Waals surface area contributed by atoms with Crippen molar-refractivity contribution in [1.29, 1.82) is 0 Å². The molecule has 2 heteroatoms. The summed E-state index contributed by atoms with van der Waals surface area (Å²) in [5.74, 6) is 0.842. The van der Waals surface area contributed by atoms with Gasteiger partial charge in [-0.1, -0.05) is 0 Å². The third kappa shape index (κ3) is 0.864. The zero-order chi connectivity index (χ0) is 6.27. The van der Waals surface area contributed by atoms with E-state index in [1.165, 1.54) is 19.3 Å². The van der Waals surface area contributed by atoms with Crippen molar-refractivity contribution in [2.45, 2.75) is 31.4 Å². The summed E-state index contributed by atoms with van der Waals surface area (Å²) in [7, 11) is 0. The second kappa shape index (κ2) is 1.96. The van der Waals surface area contributed by atoms with Gasteiger partial charge in [0.25, 0.3) is 0 Å². The van der Waals surface area contributed by atoms with E-state index >= 15 is 0 Å². The molecule has 0 spiro atoms. The van der Waals surface area contributed by atoms with Gasteiger partial charge in [0.2, 0.25) is 0 Å². The number of ether oxygens (including phenoxy) is 1. The zero-order valence-corrected chi connectivity index (χ0v) is 5.55. The predicted octanol–water partition coefficient (Wildman–Crippen LogP) is 0.513. The van der Waals surface area contributed by atoms with Crippen LogP contribution in [0.4, 0.5) is 0 Å². The first-order valence-corrected chi connectivity index (χ1v) is 3.73. The van der Waals surface area contributed by atoms with Crippen molar-refractivity contribution in [3.63, 3.8) is 0 Å². The molecule has 0 aromatic rings. The fraction of sp³-hybridized carbons (Fsp3) is 1.00. The summed E-state index contributed by atoms with van der Waals surface area (Å²) in [5, 5.41) is 0. The van der Waals surface area contributed by atoms with Crippen molar-refractivity contribution in [3.05, 3.63) is 0 Å². The molecule has 1 aliphatic carbocycles. The molecular formula is C7H13NO. The molecule has 9 heavy (non-hydrogen) atoms. The highest BCUT2D eigenvalue weighted by atomic mass is 16.5. The Kier molecular flexibility index (Phi) is 1.24. The minimum atomic E-state index is 0.337. The highest BCUT2D eigenvalue weighted by Crippen LogP contribution is 2.31. The topological polar surface area (TPSA) is 35.2 Å². The van der Waals surface area contributed by atoms with Gasteiger partial charge in [-0.05, 0) is 25.2 Å². The summed E-state index contributed by atoms with van der Waals surface area (Å²) in [5.41, 5.74) is 5.79. The number of hydrogen-bond acceptors (Lipinski definition) is 2. The lowest BCUT2D eigenvalue weighted by atomic mass is 9.88.